The number of rotatable bonds is 3. The van der Waals surface area contributed by atoms with Gasteiger partial charge in [0.2, 0.25) is 0 Å². The van der Waals surface area contributed by atoms with Gasteiger partial charge in [-0.3, -0.25) is 0 Å². The maximum atomic E-state index is 13.6. The molecule has 0 bridgehead atoms. The standard InChI is InChI=1S/C13H11ClFNS/c14-10-5-3-4-9(13(10)15)8-17-12-7-2-1-6-11(12)16/h1-7H,8,16H2. The summed E-state index contributed by atoms with van der Waals surface area (Å²) < 4.78 is 13.6. The molecule has 0 heterocycles. The molecule has 0 atom stereocenters. The van der Waals surface area contributed by atoms with E-state index < -0.39 is 0 Å². The van der Waals surface area contributed by atoms with Gasteiger partial charge in [-0.15, -0.1) is 11.8 Å². The Bertz CT molecular complexity index is 531. The first-order chi connectivity index (χ1) is 8.18. The van der Waals surface area contributed by atoms with Gasteiger partial charge in [0.15, 0.2) is 0 Å². The summed E-state index contributed by atoms with van der Waals surface area (Å²) in [6.45, 7) is 0. The number of thioether (sulfide) groups is 1. The minimum absolute atomic E-state index is 0.157. The normalized spacial score (nSPS) is 10.5. The number of benzene rings is 2. The van der Waals surface area contributed by atoms with E-state index in [1.807, 2.05) is 24.3 Å². The Balaban J connectivity index is 2.13. The predicted octanol–water partition coefficient (Wildman–Crippen LogP) is 4.35. The summed E-state index contributed by atoms with van der Waals surface area (Å²) in [7, 11) is 0. The molecule has 0 unspecified atom stereocenters. The highest BCUT2D eigenvalue weighted by Gasteiger charge is 2.07. The maximum absolute atomic E-state index is 13.6. The lowest BCUT2D eigenvalue weighted by molar-refractivity contribution is 0.618. The van der Waals surface area contributed by atoms with Crippen LogP contribution in [0.3, 0.4) is 0 Å². The number of nitrogen functional groups attached to an aromatic ring is 1. The Morgan fingerprint density at radius 1 is 1.12 bits per heavy atom. The van der Waals surface area contributed by atoms with Gasteiger partial charge in [-0.05, 0) is 23.8 Å². The third-order valence-corrected chi connectivity index (χ3v) is 3.76. The summed E-state index contributed by atoms with van der Waals surface area (Å²) in [6, 6.07) is 12.6. The molecule has 1 nitrogen and oxygen atoms in total. The average molecular weight is 268 g/mol. The molecule has 0 spiro atoms. The van der Waals surface area contributed by atoms with E-state index in [0.29, 0.717) is 17.0 Å². The second kappa shape index (κ2) is 5.43. The Morgan fingerprint density at radius 3 is 2.65 bits per heavy atom. The SMILES string of the molecule is Nc1ccccc1SCc1cccc(Cl)c1F. The number of halogens is 2. The molecule has 0 radical (unpaired) electrons. The second-order valence-electron chi connectivity index (χ2n) is 3.54. The smallest absolute Gasteiger partial charge is 0.145 e. The summed E-state index contributed by atoms with van der Waals surface area (Å²) in [5.41, 5.74) is 7.11. The Kier molecular flexibility index (Phi) is 3.92. The van der Waals surface area contributed by atoms with Crippen LogP contribution >= 0.6 is 23.4 Å². The van der Waals surface area contributed by atoms with Crippen molar-refractivity contribution in [3.8, 4) is 0 Å². The highest BCUT2D eigenvalue weighted by Crippen LogP contribution is 2.29. The van der Waals surface area contributed by atoms with Crippen LogP contribution in [-0.2, 0) is 5.75 Å². The molecule has 0 fully saturated rings. The third kappa shape index (κ3) is 2.93. The lowest BCUT2D eigenvalue weighted by Gasteiger charge is -2.06. The van der Waals surface area contributed by atoms with Gasteiger partial charge in [-0.25, -0.2) is 4.39 Å². The molecular formula is C13H11ClFNS. The third-order valence-electron chi connectivity index (χ3n) is 2.33. The van der Waals surface area contributed by atoms with Crippen LogP contribution in [0.5, 0.6) is 0 Å². The molecule has 0 aromatic heterocycles. The fraction of sp³-hybridized carbons (Fsp3) is 0.0769. The van der Waals surface area contributed by atoms with Crippen LogP contribution in [-0.4, -0.2) is 0 Å². The van der Waals surface area contributed by atoms with Crippen LogP contribution in [0.1, 0.15) is 5.56 Å². The molecule has 2 aromatic rings. The van der Waals surface area contributed by atoms with Crippen molar-refractivity contribution in [2.45, 2.75) is 10.6 Å². The monoisotopic (exact) mass is 267 g/mol. The van der Waals surface area contributed by atoms with Gasteiger partial charge in [0, 0.05) is 16.3 Å². The molecule has 2 aromatic carbocycles. The molecule has 88 valence electrons. The van der Waals surface area contributed by atoms with Gasteiger partial charge >= 0.3 is 0 Å². The molecule has 0 aliphatic carbocycles. The van der Waals surface area contributed by atoms with Gasteiger partial charge in [-0.1, -0.05) is 35.9 Å². The van der Waals surface area contributed by atoms with Crippen molar-refractivity contribution in [2.24, 2.45) is 0 Å². The molecule has 0 aliphatic heterocycles. The Hall–Kier alpha value is -1.19. The zero-order valence-corrected chi connectivity index (χ0v) is 10.6. The summed E-state index contributed by atoms with van der Waals surface area (Å²) in [5.74, 6) is 0.164. The topological polar surface area (TPSA) is 26.0 Å². The van der Waals surface area contributed by atoms with Crippen molar-refractivity contribution in [3.05, 3.63) is 58.9 Å². The van der Waals surface area contributed by atoms with Crippen LogP contribution in [0.2, 0.25) is 5.02 Å². The molecule has 2 rings (SSSR count). The van der Waals surface area contributed by atoms with Gasteiger partial charge in [0.25, 0.3) is 0 Å². The molecule has 4 heteroatoms. The van der Waals surface area contributed by atoms with Crippen LogP contribution in [0, 0.1) is 5.82 Å². The van der Waals surface area contributed by atoms with Crippen LogP contribution in [0.25, 0.3) is 0 Å². The zero-order valence-electron chi connectivity index (χ0n) is 8.99. The highest BCUT2D eigenvalue weighted by atomic mass is 35.5. The van der Waals surface area contributed by atoms with Crippen molar-refractivity contribution < 1.29 is 4.39 Å². The van der Waals surface area contributed by atoms with Gasteiger partial charge in [-0.2, -0.15) is 0 Å². The first-order valence-electron chi connectivity index (χ1n) is 5.08. The predicted molar refractivity (Wildman–Crippen MR) is 71.8 cm³/mol. The van der Waals surface area contributed by atoms with Crippen molar-refractivity contribution in [2.75, 3.05) is 5.73 Å². The molecule has 0 amide bonds. The molecule has 17 heavy (non-hydrogen) atoms. The van der Waals surface area contributed by atoms with E-state index in [2.05, 4.69) is 0 Å². The number of hydrogen-bond acceptors (Lipinski definition) is 2. The van der Waals surface area contributed by atoms with Gasteiger partial charge in [0.05, 0.1) is 5.02 Å². The largest absolute Gasteiger partial charge is 0.398 e. The van der Waals surface area contributed by atoms with Gasteiger partial charge < -0.3 is 5.73 Å². The van der Waals surface area contributed by atoms with Crippen molar-refractivity contribution >= 4 is 29.1 Å². The fourth-order valence-electron chi connectivity index (χ4n) is 1.43. The van der Waals surface area contributed by atoms with Crippen molar-refractivity contribution in [1.82, 2.24) is 0 Å². The van der Waals surface area contributed by atoms with E-state index in [1.54, 1.807) is 18.2 Å². The number of nitrogens with two attached hydrogens (primary N) is 1. The average Bonchev–Trinajstić information content (AvgIpc) is 2.33. The molecule has 2 N–H and O–H groups in total. The zero-order chi connectivity index (χ0) is 12.3. The number of para-hydroxylation sites is 1. The van der Waals surface area contributed by atoms with E-state index in [4.69, 9.17) is 17.3 Å². The van der Waals surface area contributed by atoms with Crippen LogP contribution in [0.15, 0.2) is 47.4 Å². The minimum atomic E-state index is -0.351. The van der Waals surface area contributed by atoms with Crippen LogP contribution in [0.4, 0.5) is 10.1 Å². The molecule has 0 aliphatic rings. The summed E-state index contributed by atoms with van der Waals surface area (Å²) >= 11 is 7.22. The summed E-state index contributed by atoms with van der Waals surface area (Å²) in [5, 5.41) is 0.157. The first kappa shape index (κ1) is 12.3. The van der Waals surface area contributed by atoms with Crippen LogP contribution < -0.4 is 5.73 Å². The second-order valence-corrected chi connectivity index (χ2v) is 4.96. The first-order valence-corrected chi connectivity index (χ1v) is 6.45. The summed E-state index contributed by atoms with van der Waals surface area (Å²) in [6.07, 6.45) is 0. The van der Waals surface area contributed by atoms with E-state index in [0.717, 1.165) is 4.90 Å². The molecule has 0 saturated carbocycles. The number of hydrogen-bond donors (Lipinski definition) is 1. The van der Waals surface area contributed by atoms with E-state index in [9.17, 15) is 4.39 Å². The minimum Gasteiger partial charge on any atom is -0.398 e. The Labute approximate surface area is 109 Å². The fourth-order valence-corrected chi connectivity index (χ4v) is 2.56. The summed E-state index contributed by atoms with van der Waals surface area (Å²) in [4.78, 5) is 0.951. The van der Waals surface area contributed by atoms with Crippen molar-refractivity contribution in [1.29, 1.82) is 0 Å². The lowest BCUT2D eigenvalue weighted by atomic mass is 10.2. The van der Waals surface area contributed by atoms with Crippen molar-refractivity contribution in [3.63, 3.8) is 0 Å². The number of anilines is 1. The molecule has 0 saturated heterocycles. The van der Waals surface area contributed by atoms with Gasteiger partial charge in [0.1, 0.15) is 5.82 Å². The quantitative estimate of drug-likeness (QED) is 0.661. The van der Waals surface area contributed by atoms with E-state index in [-0.39, 0.29) is 10.8 Å². The van der Waals surface area contributed by atoms with E-state index >= 15 is 0 Å². The molecular weight excluding hydrogens is 257 g/mol. The Morgan fingerprint density at radius 2 is 1.88 bits per heavy atom. The highest BCUT2D eigenvalue weighted by molar-refractivity contribution is 7.98. The lowest BCUT2D eigenvalue weighted by Crippen LogP contribution is -1.91. The maximum Gasteiger partial charge on any atom is 0.145 e. The van der Waals surface area contributed by atoms with E-state index in [1.165, 1.54) is 11.8 Å².